The minimum atomic E-state index is -1.04. The SMILES string of the molecule is O=C(CN1N=N[C@@H]2C(=O)N(c3ccc(Br)cc3)C(=O)[C@H]21)Nc1ccccc1[N+](=O)[O-]. The number of nitro benzene ring substituents is 1. The van der Waals surface area contributed by atoms with Gasteiger partial charge in [0.15, 0.2) is 12.1 Å². The van der Waals surface area contributed by atoms with E-state index < -0.39 is 41.3 Å². The van der Waals surface area contributed by atoms with Crippen LogP contribution < -0.4 is 10.2 Å². The lowest BCUT2D eigenvalue weighted by Crippen LogP contribution is -2.43. The number of hydrogen-bond acceptors (Lipinski definition) is 8. The van der Waals surface area contributed by atoms with Crippen molar-refractivity contribution in [2.45, 2.75) is 12.1 Å². The van der Waals surface area contributed by atoms with E-state index in [0.717, 1.165) is 14.4 Å². The minimum absolute atomic E-state index is 0.0190. The molecule has 0 saturated carbocycles. The number of nitrogens with one attached hydrogen (secondary N) is 1. The molecular weight excluding hydrogens is 460 g/mol. The van der Waals surface area contributed by atoms with Gasteiger partial charge in [0.2, 0.25) is 5.91 Å². The highest BCUT2D eigenvalue weighted by molar-refractivity contribution is 9.10. The Morgan fingerprint density at radius 1 is 1.13 bits per heavy atom. The number of carbonyl (C=O) groups is 3. The summed E-state index contributed by atoms with van der Waals surface area (Å²) >= 11 is 3.29. The molecule has 11 nitrogen and oxygen atoms in total. The van der Waals surface area contributed by atoms with E-state index >= 15 is 0 Å². The van der Waals surface area contributed by atoms with Crippen LogP contribution in [0.5, 0.6) is 0 Å². The number of para-hydroxylation sites is 2. The number of imide groups is 1. The first kappa shape index (κ1) is 19.6. The molecule has 0 unspecified atom stereocenters. The van der Waals surface area contributed by atoms with Gasteiger partial charge in [0, 0.05) is 10.5 Å². The third-order valence-electron chi connectivity index (χ3n) is 4.62. The zero-order valence-electron chi connectivity index (χ0n) is 15.1. The van der Waals surface area contributed by atoms with Crippen molar-refractivity contribution in [3.05, 3.63) is 63.1 Å². The quantitative estimate of drug-likeness (QED) is 0.402. The lowest BCUT2D eigenvalue weighted by atomic mass is 10.1. The number of amides is 3. The van der Waals surface area contributed by atoms with Gasteiger partial charge >= 0.3 is 0 Å². The molecule has 1 N–H and O–H groups in total. The Morgan fingerprint density at radius 3 is 2.53 bits per heavy atom. The first-order valence-electron chi connectivity index (χ1n) is 8.71. The van der Waals surface area contributed by atoms with Crippen molar-refractivity contribution in [3.8, 4) is 0 Å². The monoisotopic (exact) mass is 472 g/mol. The lowest BCUT2D eigenvalue weighted by molar-refractivity contribution is -0.383. The zero-order valence-corrected chi connectivity index (χ0v) is 16.7. The van der Waals surface area contributed by atoms with Crippen molar-refractivity contribution < 1.29 is 19.3 Å². The van der Waals surface area contributed by atoms with Crippen molar-refractivity contribution in [2.24, 2.45) is 10.3 Å². The molecule has 0 aliphatic carbocycles. The van der Waals surface area contributed by atoms with Crippen LogP contribution in [0.3, 0.4) is 0 Å². The van der Waals surface area contributed by atoms with Crippen LogP contribution in [-0.4, -0.2) is 46.3 Å². The third kappa shape index (κ3) is 3.41. The molecule has 1 fully saturated rings. The molecule has 0 bridgehead atoms. The van der Waals surface area contributed by atoms with Crippen molar-refractivity contribution in [1.29, 1.82) is 0 Å². The molecule has 2 atom stereocenters. The summed E-state index contributed by atoms with van der Waals surface area (Å²) in [7, 11) is 0. The molecule has 30 heavy (non-hydrogen) atoms. The molecule has 12 heteroatoms. The number of nitro groups is 1. The Kier molecular flexibility index (Phi) is 4.99. The van der Waals surface area contributed by atoms with Gasteiger partial charge in [-0.25, -0.2) is 4.90 Å². The van der Waals surface area contributed by atoms with Crippen LogP contribution in [0.15, 0.2) is 63.3 Å². The predicted octanol–water partition coefficient (Wildman–Crippen LogP) is 2.29. The van der Waals surface area contributed by atoms with E-state index in [1.165, 1.54) is 18.2 Å². The van der Waals surface area contributed by atoms with Gasteiger partial charge in [0.1, 0.15) is 12.2 Å². The predicted molar refractivity (Wildman–Crippen MR) is 107 cm³/mol. The average molecular weight is 473 g/mol. The van der Waals surface area contributed by atoms with E-state index in [2.05, 4.69) is 31.6 Å². The highest BCUT2D eigenvalue weighted by Gasteiger charge is 2.55. The number of carbonyl (C=O) groups excluding carboxylic acids is 3. The van der Waals surface area contributed by atoms with Crippen LogP contribution >= 0.6 is 15.9 Å². The number of hydrogen-bond donors (Lipinski definition) is 1. The van der Waals surface area contributed by atoms with Crippen LogP contribution in [0.2, 0.25) is 0 Å². The Hall–Kier alpha value is -3.67. The van der Waals surface area contributed by atoms with Crippen molar-refractivity contribution in [1.82, 2.24) is 5.01 Å². The van der Waals surface area contributed by atoms with Gasteiger partial charge in [0.25, 0.3) is 17.5 Å². The molecule has 2 aliphatic heterocycles. The molecule has 2 aromatic carbocycles. The highest BCUT2D eigenvalue weighted by Crippen LogP contribution is 2.32. The van der Waals surface area contributed by atoms with Crippen LogP contribution in [-0.2, 0) is 14.4 Å². The number of nitrogens with zero attached hydrogens (tertiary/aromatic N) is 5. The maximum Gasteiger partial charge on any atom is 0.292 e. The molecular formula is C18H13BrN6O5. The number of halogens is 1. The minimum Gasteiger partial charge on any atom is -0.319 e. The average Bonchev–Trinajstić information content (AvgIpc) is 3.23. The number of fused-ring (bicyclic) bond motifs is 1. The van der Waals surface area contributed by atoms with Crippen molar-refractivity contribution >= 4 is 50.7 Å². The molecule has 2 heterocycles. The summed E-state index contributed by atoms with van der Waals surface area (Å²) in [6.45, 7) is -0.399. The zero-order chi connectivity index (χ0) is 21.4. The normalized spacial score (nSPS) is 19.9. The van der Waals surface area contributed by atoms with Gasteiger partial charge in [-0.15, -0.1) is 0 Å². The summed E-state index contributed by atoms with van der Waals surface area (Å²) in [5.41, 5.74) is 0.146. The maximum absolute atomic E-state index is 12.9. The third-order valence-corrected chi connectivity index (χ3v) is 5.15. The highest BCUT2D eigenvalue weighted by atomic mass is 79.9. The molecule has 3 amide bonds. The lowest BCUT2D eigenvalue weighted by Gasteiger charge is -2.20. The molecule has 0 aromatic heterocycles. The van der Waals surface area contributed by atoms with Gasteiger partial charge in [-0.2, -0.15) is 5.11 Å². The second-order valence-corrected chi connectivity index (χ2v) is 7.42. The second kappa shape index (κ2) is 7.63. The van der Waals surface area contributed by atoms with Gasteiger partial charge in [0.05, 0.1) is 10.6 Å². The largest absolute Gasteiger partial charge is 0.319 e. The summed E-state index contributed by atoms with van der Waals surface area (Å²) in [4.78, 5) is 49.5. The first-order valence-corrected chi connectivity index (χ1v) is 9.50. The van der Waals surface area contributed by atoms with E-state index in [-0.39, 0.29) is 11.4 Å². The first-order chi connectivity index (χ1) is 14.4. The number of rotatable bonds is 5. The Bertz CT molecular complexity index is 1090. The molecule has 2 aliphatic rings. The van der Waals surface area contributed by atoms with E-state index in [1.807, 2.05) is 0 Å². The fraction of sp³-hybridized carbons (Fsp3) is 0.167. The fourth-order valence-corrected chi connectivity index (χ4v) is 3.54. The van der Waals surface area contributed by atoms with E-state index in [0.29, 0.717) is 5.69 Å². The summed E-state index contributed by atoms with van der Waals surface area (Å²) in [5, 5.41) is 22.3. The van der Waals surface area contributed by atoms with Gasteiger partial charge < -0.3 is 5.32 Å². The van der Waals surface area contributed by atoms with E-state index in [9.17, 15) is 24.5 Å². The van der Waals surface area contributed by atoms with Gasteiger partial charge in [-0.3, -0.25) is 29.5 Å². The molecule has 0 spiro atoms. The van der Waals surface area contributed by atoms with Crippen LogP contribution in [0.1, 0.15) is 0 Å². The maximum atomic E-state index is 12.9. The summed E-state index contributed by atoms with van der Waals surface area (Å²) in [6.07, 6.45) is 0. The summed E-state index contributed by atoms with van der Waals surface area (Å²) in [5.74, 6) is -1.71. The fourth-order valence-electron chi connectivity index (χ4n) is 3.27. The number of anilines is 2. The Labute approximate surface area is 177 Å². The van der Waals surface area contributed by atoms with Crippen molar-refractivity contribution in [3.63, 3.8) is 0 Å². The topological polar surface area (TPSA) is 138 Å². The standard InChI is InChI=1S/C18H13BrN6O5/c19-10-5-7-11(8-6-10)24-17(27)15-16(18(24)28)23(22-21-15)9-14(26)20-12-3-1-2-4-13(12)25(29)30/h1-8,15-16H,9H2,(H,20,26)/t15-,16-/m0/s1. The summed E-state index contributed by atoms with van der Waals surface area (Å²) < 4.78 is 0.790. The second-order valence-electron chi connectivity index (χ2n) is 6.50. The van der Waals surface area contributed by atoms with Crippen LogP contribution in [0, 0.1) is 10.1 Å². The molecule has 152 valence electrons. The van der Waals surface area contributed by atoms with Gasteiger partial charge in [-0.05, 0) is 30.3 Å². The van der Waals surface area contributed by atoms with E-state index in [1.54, 1.807) is 30.3 Å². The van der Waals surface area contributed by atoms with Gasteiger partial charge in [-0.1, -0.05) is 33.3 Å². The van der Waals surface area contributed by atoms with Crippen LogP contribution in [0.4, 0.5) is 17.1 Å². The smallest absolute Gasteiger partial charge is 0.292 e. The summed E-state index contributed by atoms with van der Waals surface area (Å²) in [6, 6.07) is 10.2. The number of benzene rings is 2. The molecule has 2 aromatic rings. The molecule has 4 rings (SSSR count). The Balaban J connectivity index is 1.50. The van der Waals surface area contributed by atoms with Crippen LogP contribution in [0.25, 0.3) is 0 Å². The van der Waals surface area contributed by atoms with E-state index in [4.69, 9.17) is 0 Å². The van der Waals surface area contributed by atoms with Crippen molar-refractivity contribution in [2.75, 3.05) is 16.8 Å². The molecule has 0 radical (unpaired) electrons. The molecule has 1 saturated heterocycles. The Morgan fingerprint density at radius 2 is 1.83 bits per heavy atom.